The molecular formula is C24H23IN2O5. The summed E-state index contributed by atoms with van der Waals surface area (Å²) >= 11 is 2.13. The van der Waals surface area contributed by atoms with Gasteiger partial charge in [0, 0.05) is 20.6 Å². The Labute approximate surface area is 199 Å². The van der Waals surface area contributed by atoms with Crippen molar-refractivity contribution in [2.45, 2.75) is 25.4 Å². The maximum absolute atomic E-state index is 12.7. The maximum atomic E-state index is 12.7. The third-order valence-corrected chi connectivity index (χ3v) is 5.50. The zero-order valence-electron chi connectivity index (χ0n) is 17.1. The lowest BCUT2D eigenvalue weighted by Crippen LogP contribution is -2.18. The van der Waals surface area contributed by atoms with Crippen molar-refractivity contribution in [1.29, 1.82) is 0 Å². The Morgan fingerprint density at radius 1 is 1.09 bits per heavy atom. The molecule has 3 rings (SSSR count). The number of hydrogen-bond acceptors (Lipinski definition) is 5. The molecule has 166 valence electrons. The summed E-state index contributed by atoms with van der Waals surface area (Å²) < 4.78 is 6.62. The van der Waals surface area contributed by atoms with Crippen molar-refractivity contribution in [3.63, 3.8) is 0 Å². The highest BCUT2D eigenvalue weighted by molar-refractivity contribution is 14.1. The van der Waals surface area contributed by atoms with E-state index in [4.69, 9.17) is 9.94 Å². The van der Waals surface area contributed by atoms with Gasteiger partial charge in [-0.15, -0.1) is 0 Å². The van der Waals surface area contributed by atoms with Gasteiger partial charge in [0.1, 0.15) is 11.9 Å². The number of rotatable bonds is 8. The lowest BCUT2D eigenvalue weighted by molar-refractivity contribution is -0.124. The molecule has 0 aliphatic carbocycles. The molecule has 0 saturated carbocycles. The third-order valence-electron chi connectivity index (χ3n) is 4.83. The number of phenolic OH excluding ortho intramolecular Hbond substituents is 1. The van der Waals surface area contributed by atoms with E-state index < -0.39 is 18.1 Å². The molecule has 0 bridgehead atoms. The Hall–Kier alpha value is -3.11. The van der Waals surface area contributed by atoms with Crippen molar-refractivity contribution < 1.29 is 24.6 Å². The number of nitrogens with one attached hydrogen (secondary N) is 2. The van der Waals surface area contributed by atoms with Crippen LogP contribution in [0, 0.1) is 3.57 Å². The molecule has 0 radical (unpaired) electrons. The molecule has 0 aliphatic heterocycles. The zero-order valence-corrected chi connectivity index (χ0v) is 19.3. The fraction of sp³-hybridized carbons (Fsp3) is 0.167. The van der Waals surface area contributed by atoms with E-state index in [0.29, 0.717) is 30.5 Å². The number of allylic oxidation sites excluding steroid dienone is 1. The Kier molecular flexibility index (Phi) is 8.46. The molecule has 0 fully saturated rings. The van der Waals surface area contributed by atoms with Crippen molar-refractivity contribution in [3.8, 4) is 5.75 Å². The summed E-state index contributed by atoms with van der Waals surface area (Å²) in [5, 5.41) is 23.6. The van der Waals surface area contributed by atoms with Crippen molar-refractivity contribution >= 4 is 51.1 Å². The van der Waals surface area contributed by atoms with Crippen LogP contribution in [-0.4, -0.2) is 22.3 Å². The van der Waals surface area contributed by atoms with Gasteiger partial charge in [-0.2, -0.15) is 0 Å². The highest BCUT2D eigenvalue weighted by Gasteiger charge is 2.21. The minimum Gasteiger partial charge on any atom is -0.508 e. The second kappa shape index (κ2) is 11.5. The number of phenols is 1. The number of anilines is 1. The van der Waals surface area contributed by atoms with Gasteiger partial charge in [-0.1, -0.05) is 42.5 Å². The lowest BCUT2D eigenvalue weighted by Gasteiger charge is -2.20. The van der Waals surface area contributed by atoms with Crippen molar-refractivity contribution in [3.05, 3.63) is 81.9 Å². The number of halogens is 1. The van der Waals surface area contributed by atoms with Crippen LogP contribution < -0.4 is 10.8 Å². The molecule has 0 aliphatic rings. The molecule has 8 heteroatoms. The van der Waals surface area contributed by atoms with E-state index in [1.165, 1.54) is 11.6 Å². The quantitative estimate of drug-likeness (QED) is 0.0958. The van der Waals surface area contributed by atoms with E-state index in [0.717, 1.165) is 14.3 Å². The number of carbonyl (C=O) groups excluding carboxylic acids is 2. The van der Waals surface area contributed by atoms with E-state index in [9.17, 15) is 14.7 Å². The number of hydrogen-bond donors (Lipinski definition) is 4. The Morgan fingerprint density at radius 3 is 2.69 bits per heavy atom. The molecule has 3 aromatic carbocycles. The van der Waals surface area contributed by atoms with Crippen LogP contribution in [0.2, 0.25) is 0 Å². The SMILES string of the molecule is O=C(/C=C/CCC[C@H](OC(=O)Nc1cccc2ccccc12)c1cc(I)ccc1O)NO. The van der Waals surface area contributed by atoms with Crippen LogP contribution in [0.3, 0.4) is 0 Å². The molecule has 0 saturated heterocycles. The Morgan fingerprint density at radius 2 is 1.88 bits per heavy atom. The first-order valence-electron chi connectivity index (χ1n) is 10.0. The molecule has 0 spiro atoms. The Bertz CT molecular complexity index is 1130. The van der Waals surface area contributed by atoms with Crippen LogP contribution in [0.15, 0.2) is 72.8 Å². The van der Waals surface area contributed by atoms with Gasteiger partial charge in [-0.05, 0) is 71.5 Å². The van der Waals surface area contributed by atoms with Crippen molar-refractivity contribution in [2.24, 2.45) is 0 Å². The molecule has 2 amide bonds. The van der Waals surface area contributed by atoms with Gasteiger partial charge in [0.2, 0.25) is 0 Å². The van der Waals surface area contributed by atoms with Gasteiger partial charge < -0.3 is 9.84 Å². The second-order valence-electron chi connectivity index (χ2n) is 7.06. The summed E-state index contributed by atoms with van der Waals surface area (Å²) in [5.74, 6) is -0.564. The summed E-state index contributed by atoms with van der Waals surface area (Å²) in [5.41, 5.74) is 2.68. The number of benzene rings is 3. The monoisotopic (exact) mass is 546 g/mol. The van der Waals surface area contributed by atoms with Gasteiger partial charge in [0.25, 0.3) is 5.91 Å². The first-order chi connectivity index (χ1) is 15.5. The number of aromatic hydroxyl groups is 1. The summed E-state index contributed by atoms with van der Waals surface area (Å²) in [7, 11) is 0. The molecule has 0 aromatic heterocycles. The lowest BCUT2D eigenvalue weighted by atomic mass is 10.0. The first-order valence-corrected chi connectivity index (χ1v) is 11.1. The number of amides is 2. The van der Waals surface area contributed by atoms with Crippen LogP contribution in [-0.2, 0) is 9.53 Å². The number of unbranched alkanes of at least 4 members (excludes halogenated alkanes) is 1. The molecule has 3 aromatic rings. The molecule has 32 heavy (non-hydrogen) atoms. The second-order valence-corrected chi connectivity index (χ2v) is 8.30. The largest absolute Gasteiger partial charge is 0.508 e. The number of fused-ring (bicyclic) bond motifs is 1. The van der Waals surface area contributed by atoms with Gasteiger partial charge in [0.05, 0.1) is 5.69 Å². The van der Waals surface area contributed by atoms with E-state index >= 15 is 0 Å². The molecule has 0 unspecified atom stereocenters. The van der Waals surface area contributed by atoms with Gasteiger partial charge in [0.15, 0.2) is 0 Å². The van der Waals surface area contributed by atoms with Crippen LogP contribution in [0.1, 0.15) is 30.9 Å². The van der Waals surface area contributed by atoms with E-state index in [1.807, 2.05) is 36.4 Å². The molecule has 1 atom stereocenters. The smallest absolute Gasteiger partial charge is 0.412 e. The standard InChI is InChI=1S/C24H23IN2O5/c25-17-13-14-21(28)19(15-17)22(11-2-1-3-12-23(29)27-31)32-24(30)26-20-10-6-8-16-7-4-5-9-18(16)20/h3-10,12-15,22,28,31H,1-2,11H2,(H,26,30)(H,27,29)/b12-3+/t22-/m0/s1. The van der Waals surface area contributed by atoms with Gasteiger partial charge >= 0.3 is 6.09 Å². The predicted octanol–water partition coefficient (Wildman–Crippen LogP) is 5.67. The first kappa shape index (κ1) is 23.6. The van der Waals surface area contributed by atoms with Gasteiger partial charge in [-0.3, -0.25) is 15.3 Å². The minimum atomic E-state index is -0.681. The summed E-state index contributed by atoms with van der Waals surface area (Å²) in [6.07, 6.45) is 3.09. The van der Waals surface area contributed by atoms with Crippen molar-refractivity contribution in [2.75, 3.05) is 5.32 Å². The third kappa shape index (κ3) is 6.44. The number of carbonyl (C=O) groups is 2. The highest BCUT2D eigenvalue weighted by Crippen LogP contribution is 2.33. The van der Waals surface area contributed by atoms with Crippen molar-refractivity contribution in [1.82, 2.24) is 5.48 Å². The molecule has 0 heterocycles. The van der Waals surface area contributed by atoms with Crippen LogP contribution >= 0.6 is 22.6 Å². The summed E-state index contributed by atoms with van der Waals surface area (Å²) in [4.78, 5) is 23.8. The molecule has 4 N–H and O–H groups in total. The molecular weight excluding hydrogens is 523 g/mol. The highest BCUT2D eigenvalue weighted by atomic mass is 127. The fourth-order valence-corrected chi connectivity index (χ4v) is 3.83. The average Bonchev–Trinajstić information content (AvgIpc) is 2.79. The summed E-state index contributed by atoms with van der Waals surface area (Å²) in [6, 6.07) is 18.4. The van der Waals surface area contributed by atoms with E-state index in [1.54, 1.807) is 30.3 Å². The predicted molar refractivity (Wildman–Crippen MR) is 131 cm³/mol. The molecule has 7 nitrogen and oxygen atoms in total. The average molecular weight is 546 g/mol. The van der Waals surface area contributed by atoms with Crippen LogP contribution in [0.4, 0.5) is 10.5 Å². The maximum Gasteiger partial charge on any atom is 0.412 e. The number of ether oxygens (including phenoxy) is 1. The van der Waals surface area contributed by atoms with Gasteiger partial charge in [-0.25, -0.2) is 10.3 Å². The fourth-order valence-electron chi connectivity index (χ4n) is 3.31. The Balaban J connectivity index is 1.73. The normalized spacial score (nSPS) is 11.9. The zero-order chi connectivity index (χ0) is 22.9. The number of hydroxylamine groups is 1. The van der Waals surface area contributed by atoms with E-state index in [-0.39, 0.29) is 5.75 Å². The topological polar surface area (TPSA) is 108 Å². The van der Waals surface area contributed by atoms with Crippen LogP contribution in [0.5, 0.6) is 5.75 Å². The van der Waals surface area contributed by atoms with E-state index in [2.05, 4.69) is 27.9 Å². The minimum absolute atomic E-state index is 0.0450. The van der Waals surface area contributed by atoms with Crippen LogP contribution in [0.25, 0.3) is 10.8 Å². The summed E-state index contributed by atoms with van der Waals surface area (Å²) in [6.45, 7) is 0.